The average Bonchev–Trinajstić information content (AvgIpc) is 3.42. The van der Waals surface area contributed by atoms with Gasteiger partial charge in [0.2, 0.25) is 5.95 Å². The molecule has 0 saturated carbocycles. The third kappa shape index (κ3) is 5.00. The first-order valence-electron chi connectivity index (χ1n) is 10.3. The van der Waals surface area contributed by atoms with Crippen LogP contribution < -0.4 is 4.90 Å². The van der Waals surface area contributed by atoms with Crippen LogP contribution in [0.5, 0.6) is 0 Å². The fraction of sp³-hybridized carbons (Fsp3) is 0.476. The number of ether oxygens (including phenoxy) is 1. The highest BCUT2D eigenvalue weighted by Gasteiger charge is 2.22. The Balaban J connectivity index is 1.42. The minimum Gasteiger partial charge on any atom is -0.378 e. The average molecular weight is 413 g/mol. The molecule has 0 N–H and O–H groups in total. The Morgan fingerprint density at radius 2 is 1.90 bits per heavy atom. The molecule has 0 aliphatic carbocycles. The molecule has 0 bridgehead atoms. The molecule has 0 unspecified atom stereocenters. The Bertz CT molecular complexity index is 888. The molecule has 1 aliphatic heterocycles. The van der Waals surface area contributed by atoms with Gasteiger partial charge in [0.25, 0.3) is 0 Å². The number of thioether (sulfide) groups is 1. The first-order valence-corrected chi connectivity index (χ1v) is 11.3. The summed E-state index contributed by atoms with van der Waals surface area (Å²) in [5.41, 5.74) is 2.38. The standard InChI is InChI=1S/C21H28N6OS/c1-18-8-3-4-9-19(18)27-20(25-13-15-28-16-14-25)23-24-21(27)29-17-6-2-5-11-26-12-7-10-22-26/h3-4,7-10,12H,2,5-6,11,13-17H2,1H3. The lowest BCUT2D eigenvalue weighted by Crippen LogP contribution is -2.38. The van der Waals surface area contributed by atoms with Gasteiger partial charge in [0.1, 0.15) is 0 Å². The molecule has 1 aliphatic rings. The highest BCUT2D eigenvalue weighted by atomic mass is 32.2. The molecular weight excluding hydrogens is 384 g/mol. The molecule has 0 spiro atoms. The SMILES string of the molecule is Cc1ccccc1-n1c(SCCCCCn2cccn2)nnc1N1CCOCC1. The number of morpholine rings is 1. The molecule has 1 fully saturated rings. The van der Waals surface area contributed by atoms with Crippen LogP contribution >= 0.6 is 11.8 Å². The number of aromatic nitrogens is 5. The zero-order valence-electron chi connectivity index (χ0n) is 16.9. The number of unbranched alkanes of at least 4 members (excludes halogenated alkanes) is 2. The monoisotopic (exact) mass is 412 g/mol. The van der Waals surface area contributed by atoms with Gasteiger partial charge in [-0.25, -0.2) is 0 Å². The molecule has 4 rings (SSSR count). The predicted octanol–water partition coefficient (Wildman–Crippen LogP) is 3.57. The molecule has 154 valence electrons. The molecule has 8 heteroatoms. The number of para-hydroxylation sites is 1. The Kier molecular flexibility index (Phi) is 6.84. The predicted molar refractivity (Wildman–Crippen MR) is 116 cm³/mol. The van der Waals surface area contributed by atoms with Crippen molar-refractivity contribution in [3.8, 4) is 5.69 Å². The summed E-state index contributed by atoms with van der Waals surface area (Å²) in [4.78, 5) is 2.27. The van der Waals surface area contributed by atoms with Gasteiger partial charge in [-0.15, -0.1) is 10.2 Å². The van der Waals surface area contributed by atoms with Gasteiger partial charge >= 0.3 is 0 Å². The second-order valence-corrected chi connectivity index (χ2v) is 8.24. The summed E-state index contributed by atoms with van der Waals surface area (Å²) in [6, 6.07) is 10.4. The molecule has 0 radical (unpaired) electrons. The molecule has 0 amide bonds. The second kappa shape index (κ2) is 9.93. The van der Waals surface area contributed by atoms with E-state index in [9.17, 15) is 0 Å². The van der Waals surface area contributed by atoms with Crippen LogP contribution in [0.25, 0.3) is 5.69 Å². The van der Waals surface area contributed by atoms with Crippen molar-refractivity contribution < 1.29 is 4.74 Å². The molecule has 1 saturated heterocycles. The summed E-state index contributed by atoms with van der Waals surface area (Å²) in [6.07, 6.45) is 7.33. The fourth-order valence-electron chi connectivity index (χ4n) is 3.50. The molecular formula is C21H28N6OS. The number of rotatable bonds is 9. The first kappa shape index (κ1) is 20.0. The van der Waals surface area contributed by atoms with E-state index in [0.29, 0.717) is 0 Å². The summed E-state index contributed by atoms with van der Waals surface area (Å²) in [7, 11) is 0. The lowest BCUT2D eigenvalue weighted by Gasteiger charge is -2.28. The Labute approximate surface area is 176 Å². The van der Waals surface area contributed by atoms with Gasteiger partial charge in [-0.1, -0.05) is 36.4 Å². The minimum atomic E-state index is 0.735. The number of anilines is 1. The number of aryl methyl sites for hydroxylation is 2. The zero-order valence-corrected chi connectivity index (χ0v) is 17.7. The van der Waals surface area contributed by atoms with Gasteiger partial charge in [0.15, 0.2) is 5.16 Å². The van der Waals surface area contributed by atoms with Gasteiger partial charge in [0, 0.05) is 37.8 Å². The Morgan fingerprint density at radius 1 is 1.03 bits per heavy atom. The van der Waals surface area contributed by atoms with Crippen LogP contribution in [0.4, 0.5) is 5.95 Å². The summed E-state index contributed by atoms with van der Waals surface area (Å²) >= 11 is 1.79. The van der Waals surface area contributed by atoms with Gasteiger partial charge < -0.3 is 9.64 Å². The van der Waals surface area contributed by atoms with Gasteiger partial charge in [-0.05, 0) is 37.5 Å². The highest BCUT2D eigenvalue weighted by molar-refractivity contribution is 7.99. The van der Waals surface area contributed by atoms with Crippen molar-refractivity contribution in [3.63, 3.8) is 0 Å². The molecule has 29 heavy (non-hydrogen) atoms. The maximum atomic E-state index is 5.52. The first-order chi connectivity index (χ1) is 14.3. The summed E-state index contributed by atoms with van der Waals surface area (Å²) in [5.74, 6) is 1.95. The molecule has 1 aromatic carbocycles. The lowest BCUT2D eigenvalue weighted by atomic mass is 10.2. The van der Waals surface area contributed by atoms with Crippen LogP contribution in [0.1, 0.15) is 24.8 Å². The fourth-order valence-corrected chi connectivity index (χ4v) is 4.44. The largest absolute Gasteiger partial charge is 0.378 e. The van der Waals surface area contributed by atoms with Crippen LogP contribution in [0.2, 0.25) is 0 Å². The Hall–Kier alpha value is -2.32. The topological polar surface area (TPSA) is 61.0 Å². The van der Waals surface area contributed by atoms with Crippen LogP contribution in [0, 0.1) is 6.92 Å². The molecule has 7 nitrogen and oxygen atoms in total. The van der Waals surface area contributed by atoms with Crippen LogP contribution in [0.3, 0.4) is 0 Å². The number of hydrogen-bond acceptors (Lipinski definition) is 6. The maximum Gasteiger partial charge on any atom is 0.232 e. The molecule has 3 aromatic rings. The summed E-state index contributed by atoms with van der Waals surface area (Å²) < 4.78 is 9.73. The van der Waals surface area contributed by atoms with Crippen molar-refractivity contribution >= 4 is 17.7 Å². The van der Waals surface area contributed by atoms with Crippen LogP contribution in [-0.4, -0.2) is 56.6 Å². The molecule has 3 heterocycles. The third-order valence-electron chi connectivity index (χ3n) is 5.09. The van der Waals surface area contributed by atoms with Gasteiger partial charge in [-0.2, -0.15) is 5.10 Å². The van der Waals surface area contributed by atoms with Crippen LogP contribution in [0.15, 0.2) is 47.9 Å². The van der Waals surface area contributed by atoms with Crippen molar-refractivity contribution in [2.75, 3.05) is 37.0 Å². The van der Waals surface area contributed by atoms with Crippen molar-refractivity contribution in [2.45, 2.75) is 37.9 Å². The van der Waals surface area contributed by atoms with E-state index in [1.807, 2.05) is 23.1 Å². The highest BCUT2D eigenvalue weighted by Crippen LogP contribution is 2.29. The third-order valence-corrected chi connectivity index (χ3v) is 6.10. The molecule has 2 aromatic heterocycles. The maximum absolute atomic E-state index is 5.52. The van der Waals surface area contributed by atoms with E-state index in [4.69, 9.17) is 4.74 Å². The second-order valence-electron chi connectivity index (χ2n) is 7.18. The summed E-state index contributed by atoms with van der Waals surface area (Å²) in [5, 5.41) is 14.3. The van der Waals surface area contributed by atoms with Crippen molar-refractivity contribution in [1.29, 1.82) is 0 Å². The number of hydrogen-bond donors (Lipinski definition) is 0. The Morgan fingerprint density at radius 3 is 2.69 bits per heavy atom. The van der Waals surface area contributed by atoms with E-state index < -0.39 is 0 Å². The van der Waals surface area contributed by atoms with E-state index in [2.05, 4.69) is 56.0 Å². The van der Waals surface area contributed by atoms with Gasteiger partial charge in [-0.3, -0.25) is 9.25 Å². The minimum absolute atomic E-state index is 0.735. The van der Waals surface area contributed by atoms with E-state index in [1.54, 1.807) is 11.8 Å². The van der Waals surface area contributed by atoms with Crippen molar-refractivity contribution in [1.82, 2.24) is 24.5 Å². The number of benzene rings is 1. The van der Waals surface area contributed by atoms with E-state index in [0.717, 1.165) is 68.2 Å². The summed E-state index contributed by atoms with van der Waals surface area (Å²) in [6.45, 7) is 6.29. The van der Waals surface area contributed by atoms with E-state index in [-0.39, 0.29) is 0 Å². The smallest absolute Gasteiger partial charge is 0.232 e. The van der Waals surface area contributed by atoms with E-state index in [1.165, 1.54) is 12.0 Å². The quantitative estimate of drug-likeness (QED) is 0.396. The van der Waals surface area contributed by atoms with Crippen molar-refractivity contribution in [2.24, 2.45) is 0 Å². The molecule has 0 atom stereocenters. The normalized spacial score (nSPS) is 14.4. The van der Waals surface area contributed by atoms with Crippen molar-refractivity contribution in [3.05, 3.63) is 48.3 Å². The number of nitrogens with zero attached hydrogens (tertiary/aromatic N) is 6. The van der Waals surface area contributed by atoms with Gasteiger partial charge in [0.05, 0.1) is 18.9 Å². The van der Waals surface area contributed by atoms with Crippen LogP contribution in [-0.2, 0) is 11.3 Å². The lowest BCUT2D eigenvalue weighted by molar-refractivity contribution is 0.122. The van der Waals surface area contributed by atoms with E-state index >= 15 is 0 Å². The zero-order chi connectivity index (χ0) is 19.9.